The Hall–Kier alpha value is -1.06. The minimum absolute atomic E-state index is 0.0804. The third kappa shape index (κ3) is 3.83. The predicted octanol–water partition coefficient (Wildman–Crippen LogP) is 2.18. The number of aliphatic hydroxyl groups excluding tert-OH is 1. The molecule has 0 aromatic heterocycles. The van der Waals surface area contributed by atoms with Crippen LogP contribution in [0.15, 0.2) is 24.3 Å². The van der Waals surface area contributed by atoms with Crippen LogP contribution in [0.5, 0.6) is 0 Å². The first-order valence-corrected chi connectivity index (χ1v) is 5.57. The first-order valence-electron chi connectivity index (χ1n) is 5.20. The summed E-state index contributed by atoms with van der Waals surface area (Å²) in [5, 5.41) is 9.69. The van der Waals surface area contributed by atoms with Gasteiger partial charge in [0.15, 0.2) is 0 Å². The summed E-state index contributed by atoms with van der Waals surface area (Å²) < 4.78 is 0. The van der Waals surface area contributed by atoms with E-state index in [1.807, 2.05) is 0 Å². The molecule has 88 valence electrons. The van der Waals surface area contributed by atoms with Crippen LogP contribution in [0.3, 0.4) is 0 Å². The van der Waals surface area contributed by atoms with Gasteiger partial charge in [0, 0.05) is 24.2 Å². The Morgan fingerprint density at radius 2 is 2.25 bits per heavy atom. The molecule has 1 aromatic rings. The molecular formula is C12H16ClNO2. The molecule has 1 unspecified atom stereocenters. The Balaban J connectivity index is 2.63. The predicted molar refractivity (Wildman–Crippen MR) is 64.7 cm³/mol. The van der Waals surface area contributed by atoms with Crippen molar-refractivity contribution in [3.63, 3.8) is 0 Å². The molecule has 1 rings (SSSR count). The second kappa shape index (κ2) is 5.87. The van der Waals surface area contributed by atoms with E-state index in [0.717, 1.165) is 0 Å². The molecule has 0 aliphatic rings. The molecule has 1 aromatic carbocycles. The van der Waals surface area contributed by atoms with Crippen molar-refractivity contribution >= 4 is 17.5 Å². The number of carbonyl (C=O) groups excluding carboxylic acids is 1. The number of aliphatic hydroxyl groups is 1. The Labute approximate surface area is 101 Å². The monoisotopic (exact) mass is 241 g/mol. The van der Waals surface area contributed by atoms with Crippen LogP contribution in [0.4, 0.5) is 0 Å². The summed E-state index contributed by atoms with van der Waals surface area (Å²) in [6, 6.07) is 6.85. The highest BCUT2D eigenvalue weighted by atomic mass is 35.5. The maximum atomic E-state index is 11.9. The molecule has 0 radical (unpaired) electrons. The summed E-state index contributed by atoms with van der Waals surface area (Å²) >= 11 is 5.81. The molecular weight excluding hydrogens is 226 g/mol. The van der Waals surface area contributed by atoms with Crippen molar-refractivity contribution < 1.29 is 9.90 Å². The molecule has 0 saturated heterocycles. The van der Waals surface area contributed by atoms with Gasteiger partial charge in [0.1, 0.15) is 0 Å². The van der Waals surface area contributed by atoms with Gasteiger partial charge >= 0.3 is 0 Å². The third-order valence-corrected chi connectivity index (χ3v) is 2.54. The van der Waals surface area contributed by atoms with E-state index in [9.17, 15) is 4.79 Å². The second-order valence-corrected chi connectivity index (χ2v) is 4.31. The first kappa shape index (κ1) is 13.0. The normalized spacial score (nSPS) is 12.2. The minimum Gasteiger partial charge on any atom is -0.393 e. The number of hydrogen-bond donors (Lipinski definition) is 1. The number of benzene rings is 1. The van der Waals surface area contributed by atoms with Gasteiger partial charge in [0.2, 0.25) is 0 Å². The van der Waals surface area contributed by atoms with Crippen molar-refractivity contribution in [1.29, 1.82) is 0 Å². The number of carbonyl (C=O) groups is 1. The van der Waals surface area contributed by atoms with Crippen LogP contribution in [-0.4, -0.2) is 35.6 Å². The van der Waals surface area contributed by atoms with Crippen LogP contribution in [0.25, 0.3) is 0 Å². The van der Waals surface area contributed by atoms with Gasteiger partial charge in [-0.25, -0.2) is 0 Å². The van der Waals surface area contributed by atoms with E-state index in [0.29, 0.717) is 23.6 Å². The highest BCUT2D eigenvalue weighted by molar-refractivity contribution is 6.30. The Bertz CT molecular complexity index is 366. The zero-order valence-corrected chi connectivity index (χ0v) is 10.2. The summed E-state index contributed by atoms with van der Waals surface area (Å²) in [5.74, 6) is -0.0804. The van der Waals surface area contributed by atoms with E-state index in [4.69, 9.17) is 16.7 Å². The molecule has 0 fully saturated rings. The highest BCUT2D eigenvalue weighted by Crippen LogP contribution is 2.12. The standard InChI is InChI=1S/C12H16ClNO2/c1-9(15)6-7-14(2)12(16)10-4-3-5-11(13)8-10/h3-5,8-9,15H,6-7H2,1-2H3. The fourth-order valence-electron chi connectivity index (χ4n) is 1.32. The molecule has 0 aliphatic carbocycles. The van der Waals surface area contributed by atoms with Crippen molar-refractivity contribution in [1.82, 2.24) is 4.90 Å². The van der Waals surface area contributed by atoms with Gasteiger partial charge in [-0.2, -0.15) is 0 Å². The highest BCUT2D eigenvalue weighted by Gasteiger charge is 2.12. The minimum atomic E-state index is -0.394. The molecule has 1 atom stereocenters. The van der Waals surface area contributed by atoms with Gasteiger partial charge in [-0.15, -0.1) is 0 Å². The molecule has 0 saturated carbocycles. The third-order valence-electron chi connectivity index (χ3n) is 2.30. The van der Waals surface area contributed by atoms with E-state index in [1.54, 1.807) is 43.1 Å². The lowest BCUT2D eigenvalue weighted by molar-refractivity contribution is 0.0769. The van der Waals surface area contributed by atoms with Gasteiger partial charge in [-0.1, -0.05) is 17.7 Å². The summed E-state index contributed by atoms with van der Waals surface area (Å²) in [4.78, 5) is 13.5. The number of halogens is 1. The molecule has 0 heterocycles. The van der Waals surface area contributed by atoms with Crippen LogP contribution in [0.2, 0.25) is 5.02 Å². The Morgan fingerprint density at radius 1 is 1.56 bits per heavy atom. The maximum Gasteiger partial charge on any atom is 0.253 e. The van der Waals surface area contributed by atoms with E-state index < -0.39 is 6.10 Å². The molecule has 1 N–H and O–H groups in total. The van der Waals surface area contributed by atoms with Gasteiger partial charge in [0.05, 0.1) is 6.10 Å². The van der Waals surface area contributed by atoms with Crippen molar-refractivity contribution in [2.45, 2.75) is 19.4 Å². The van der Waals surface area contributed by atoms with Gasteiger partial charge in [-0.3, -0.25) is 4.79 Å². The largest absolute Gasteiger partial charge is 0.393 e. The number of rotatable bonds is 4. The van der Waals surface area contributed by atoms with Crippen molar-refractivity contribution in [3.8, 4) is 0 Å². The fourth-order valence-corrected chi connectivity index (χ4v) is 1.51. The quantitative estimate of drug-likeness (QED) is 0.878. The van der Waals surface area contributed by atoms with Crippen molar-refractivity contribution in [2.24, 2.45) is 0 Å². The number of amides is 1. The SMILES string of the molecule is CC(O)CCN(C)C(=O)c1cccc(Cl)c1. The zero-order chi connectivity index (χ0) is 12.1. The average Bonchev–Trinajstić information content (AvgIpc) is 2.24. The zero-order valence-electron chi connectivity index (χ0n) is 9.48. The molecule has 1 amide bonds. The van der Waals surface area contributed by atoms with Crippen LogP contribution in [0.1, 0.15) is 23.7 Å². The number of nitrogens with zero attached hydrogens (tertiary/aromatic N) is 1. The van der Waals surface area contributed by atoms with Crippen LogP contribution >= 0.6 is 11.6 Å². The van der Waals surface area contributed by atoms with Crippen molar-refractivity contribution in [3.05, 3.63) is 34.9 Å². The molecule has 16 heavy (non-hydrogen) atoms. The summed E-state index contributed by atoms with van der Waals surface area (Å²) in [7, 11) is 1.71. The van der Waals surface area contributed by atoms with E-state index in [1.165, 1.54) is 0 Å². The number of hydrogen-bond acceptors (Lipinski definition) is 2. The lowest BCUT2D eigenvalue weighted by Crippen LogP contribution is -2.29. The fraction of sp³-hybridized carbons (Fsp3) is 0.417. The topological polar surface area (TPSA) is 40.5 Å². The molecule has 3 nitrogen and oxygen atoms in total. The molecule has 0 aliphatic heterocycles. The maximum absolute atomic E-state index is 11.9. The second-order valence-electron chi connectivity index (χ2n) is 3.87. The molecule has 0 bridgehead atoms. The van der Waals surface area contributed by atoms with Crippen LogP contribution in [-0.2, 0) is 0 Å². The van der Waals surface area contributed by atoms with Crippen molar-refractivity contribution in [2.75, 3.05) is 13.6 Å². The Morgan fingerprint density at radius 3 is 2.81 bits per heavy atom. The summed E-state index contributed by atoms with van der Waals surface area (Å²) in [6.45, 7) is 2.24. The van der Waals surface area contributed by atoms with E-state index in [-0.39, 0.29) is 5.91 Å². The molecule has 4 heteroatoms. The smallest absolute Gasteiger partial charge is 0.253 e. The van der Waals surface area contributed by atoms with Crippen LogP contribution in [0, 0.1) is 0 Å². The molecule has 0 spiro atoms. The van der Waals surface area contributed by atoms with E-state index >= 15 is 0 Å². The van der Waals surface area contributed by atoms with E-state index in [2.05, 4.69) is 0 Å². The summed E-state index contributed by atoms with van der Waals surface area (Å²) in [6.07, 6.45) is 0.178. The Kier molecular flexibility index (Phi) is 4.77. The van der Waals surface area contributed by atoms with Crippen LogP contribution < -0.4 is 0 Å². The average molecular weight is 242 g/mol. The van der Waals surface area contributed by atoms with Gasteiger partial charge in [-0.05, 0) is 31.5 Å². The van der Waals surface area contributed by atoms with Gasteiger partial charge in [0.25, 0.3) is 5.91 Å². The summed E-state index contributed by atoms with van der Waals surface area (Å²) in [5.41, 5.74) is 0.570. The lowest BCUT2D eigenvalue weighted by atomic mass is 10.2. The first-order chi connectivity index (χ1) is 7.50. The van der Waals surface area contributed by atoms with Gasteiger partial charge < -0.3 is 10.0 Å². The lowest BCUT2D eigenvalue weighted by Gasteiger charge is -2.18.